The Morgan fingerprint density at radius 1 is 1.43 bits per heavy atom. The van der Waals surface area contributed by atoms with Crippen molar-refractivity contribution in [1.82, 2.24) is 10.3 Å². The highest BCUT2D eigenvalue weighted by molar-refractivity contribution is 7.93. The van der Waals surface area contributed by atoms with Crippen molar-refractivity contribution in [2.75, 3.05) is 11.3 Å². The highest BCUT2D eigenvalue weighted by Gasteiger charge is 2.22. The largest absolute Gasteiger partial charge is 0.311 e. The Labute approximate surface area is 130 Å². The van der Waals surface area contributed by atoms with Gasteiger partial charge in [-0.3, -0.25) is 4.72 Å². The molecule has 0 atom stereocenters. The van der Waals surface area contributed by atoms with Gasteiger partial charge < -0.3 is 5.32 Å². The van der Waals surface area contributed by atoms with Gasteiger partial charge in [0.25, 0.3) is 10.0 Å². The maximum absolute atomic E-state index is 13.7. The number of nitrogens with zero attached hydrogens (tertiary/aromatic N) is 1. The van der Waals surface area contributed by atoms with E-state index in [1.54, 1.807) is 0 Å². The van der Waals surface area contributed by atoms with Crippen LogP contribution in [0.1, 0.15) is 10.6 Å². The van der Waals surface area contributed by atoms with Gasteiger partial charge in [0.2, 0.25) is 0 Å². The van der Waals surface area contributed by atoms with Gasteiger partial charge in [-0.1, -0.05) is 22.9 Å². The fraction of sp³-hybridized carbons (Fsp3) is 0.250. The molecule has 3 rings (SSSR count). The van der Waals surface area contributed by atoms with Gasteiger partial charge in [0.15, 0.2) is 5.13 Å². The first-order chi connectivity index (χ1) is 9.95. The first kappa shape index (κ1) is 14.7. The zero-order chi connectivity index (χ0) is 15.0. The molecule has 9 heteroatoms. The van der Waals surface area contributed by atoms with Gasteiger partial charge in [-0.15, -0.1) is 0 Å². The summed E-state index contributed by atoms with van der Waals surface area (Å²) in [5.74, 6) is -0.891. The molecule has 1 aliphatic heterocycles. The summed E-state index contributed by atoms with van der Waals surface area (Å²) in [5, 5.41) is 3.57. The molecule has 0 bridgehead atoms. The van der Waals surface area contributed by atoms with Crippen LogP contribution in [0.2, 0.25) is 5.02 Å². The molecule has 0 radical (unpaired) electrons. The summed E-state index contributed by atoms with van der Waals surface area (Å²) < 4.78 is 40.5. The van der Waals surface area contributed by atoms with Gasteiger partial charge in [-0.25, -0.2) is 17.8 Å². The second kappa shape index (κ2) is 5.53. The van der Waals surface area contributed by atoms with E-state index in [-0.39, 0.29) is 10.2 Å². The first-order valence-electron chi connectivity index (χ1n) is 6.13. The van der Waals surface area contributed by atoms with Crippen LogP contribution in [0.3, 0.4) is 0 Å². The summed E-state index contributed by atoms with van der Waals surface area (Å²) in [6.45, 7) is 1.48. The molecule has 2 N–H and O–H groups in total. The van der Waals surface area contributed by atoms with Crippen LogP contribution in [0, 0.1) is 5.82 Å². The van der Waals surface area contributed by atoms with Gasteiger partial charge in [-0.05, 0) is 18.2 Å². The molecule has 1 aromatic carbocycles. The molecule has 0 unspecified atom stereocenters. The number of rotatable bonds is 3. The molecule has 5 nitrogen and oxygen atoms in total. The zero-order valence-corrected chi connectivity index (χ0v) is 13.1. The highest BCUT2D eigenvalue weighted by atomic mass is 35.5. The van der Waals surface area contributed by atoms with Gasteiger partial charge in [0, 0.05) is 29.4 Å². The first-order valence-corrected chi connectivity index (χ1v) is 8.80. The predicted octanol–water partition coefficient (Wildman–Crippen LogP) is 2.38. The van der Waals surface area contributed by atoms with Crippen molar-refractivity contribution in [2.45, 2.75) is 17.9 Å². The molecule has 0 amide bonds. The number of thiazole rings is 1. The number of anilines is 1. The second-order valence-corrected chi connectivity index (χ2v) is 7.67. The summed E-state index contributed by atoms with van der Waals surface area (Å²) in [4.78, 5) is 4.80. The molecule has 112 valence electrons. The van der Waals surface area contributed by atoms with Gasteiger partial charge in [0.05, 0.1) is 5.69 Å². The summed E-state index contributed by atoms with van der Waals surface area (Å²) in [5.41, 5.74) is 0.882. The van der Waals surface area contributed by atoms with Crippen LogP contribution < -0.4 is 10.0 Å². The van der Waals surface area contributed by atoms with Crippen molar-refractivity contribution in [3.05, 3.63) is 39.6 Å². The highest BCUT2D eigenvalue weighted by Crippen LogP contribution is 2.28. The lowest BCUT2D eigenvalue weighted by atomic mass is 10.2. The van der Waals surface area contributed by atoms with Gasteiger partial charge in [0.1, 0.15) is 10.7 Å². The van der Waals surface area contributed by atoms with Crippen molar-refractivity contribution >= 4 is 38.1 Å². The lowest BCUT2D eigenvalue weighted by molar-refractivity contribution is 0.570. The Kier molecular flexibility index (Phi) is 3.87. The van der Waals surface area contributed by atoms with E-state index in [0.717, 1.165) is 35.7 Å². The van der Waals surface area contributed by atoms with Crippen molar-refractivity contribution in [2.24, 2.45) is 0 Å². The Hall–Kier alpha value is -1.22. The van der Waals surface area contributed by atoms with Crippen LogP contribution in [0.15, 0.2) is 23.1 Å². The van der Waals surface area contributed by atoms with E-state index in [4.69, 9.17) is 11.6 Å². The number of hydrogen-bond donors (Lipinski definition) is 2. The average Bonchev–Trinajstić information content (AvgIpc) is 2.79. The molecule has 1 aliphatic rings. The number of hydrogen-bond acceptors (Lipinski definition) is 5. The minimum atomic E-state index is -4.02. The monoisotopic (exact) mass is 347 g/mol. The van der Waals surface area contributed by atoms with Crippen LogP contribution in [0.4, 0.5) is 9.52 Å². The third-order valence-corrected chi connectivity index (χ3v) is 5.76. The molecule has 2 heterocycles. The molecule has 0 saturated heterocycles. The molecular formula is C12H11ClFN3O2S2. The SMILES string of the molecule is O=S(=O)(Nc1nc2c(s1)CNCC2)c1ccc(Cl)cc1F. The van der Waals surface area contributed by atoms with Crippen LogP contribution in [-0.2, 0) is 23.0 Å². The number of nitrogens with one attached hydrogen (secondary N) is 2. The van der Waals surface area contributed by atoms with Crippen molar-refractivity contribution < 1.29 is 12.8 Å². The fourth-order valence-electron chi connectivity index (χ4n) is 2.03. The van der Waals surface area contributed by atoms with E-state index in [0.29, 0.717) is 6.54 Å². The lowest BCUT2D eigenvalue weighted by Gasteiger charge is -2.09. The van der Waals surface area contributed by atoms with Crippen LogP contribution in [-0.4, -0.2) is 19.9 Å². The van der Waals surface area contributed by atoms with Crippen LogP contribution >= 0.6 is 22.9 Å². The maximum Gasteiger partial charge on any atom is 0.266 e. The fourth-order valence-corrected chi connectivity index (χ4v) is 4.46. The standard InChI is InChI=1S/C12H11ClFN3O2S2/c13-7-1-2-11(8(14)5-7)21(18,19)17-12-16-9-3-4-15-6-10(9)20-12/h1-2,5,15H,3-4,6H2,(H,16,17). The molecule has 0 spiro atoms. The van der Waals surface area contributed by atoms with Crippen LogP contribution in [0.25, 0.3) is 0 Å². The minimum absolute atomic E-state index is 0.141. The van der Waals surface area contributed by atoms with E-state index < -0.39 is 20.7 Å². The Morgan fingerprint density at radius 2 is 2.24 bits per heavy atom. The molecule has 0 fully saturated rings. The normalized spacial score (nSPS) is 14.8. The molecule has 2 aromatic rings. The summed E-state index contributed by atoms with van der Waals surface area (Å²) in [6, 6.07) is 3.43. The molecule has 1 aromatic heterocycles. The number of fused-ring (bicyclic) bond motifs is 1. The third kappa shape index (κ3) is 3.03. The number of benzene rings is 1. The van der Waals surface area contributed by atoms with E-state index >= 15 is 0 Å². The molecule has 0 saturated carbocycles. The van der Waals surface area contributed by atoms with Crippen molar-refractivity contribution in [1.29, 1.82) is 0 Å². The maximum atomic E-state index is 13.7. The molecule has 21 heavy (non-hydrogen) atoms. The predicted molar refractivity (Wildman–Crippen MR) is 79.7 cm³/mol. The third-order valence-electron chi connectivity index (χ3n) is 3.01. The van der Waals surface area contributed by atoms with Gasteiger partial charge >= 0.3 is 0 Å². The van der Waals surface area contributed by atoms with E-state index in [1.165, 1.54) is 17.4 Å². The van der Waals surface area contributed by atoms with Crippen molar-refractivity contribution in [3.63, 3.8) is 0 Å². The topological polar surface area (TPSA) is 71.1 Å². The summed E-state index contributed by atoms with van der Waals surface area (Å²) in [7, 11) is -4.02. The Balaban J connectivity index is 1.90. The van der Waals surface area contributed by atoms with Gasteiger partial charge in [-0.2, -0.15) is 0 Å². The number of aromatic nitrogens is 1. The zero-order valence-electron chi connectivity index (χ0n) is 10.7. The smallest absolute Gasteiger partial charge is 0.266 e. The lowest BCUT2D eigenvalue weighted by Crippen LogP contribution is -2.22. The van der Waals surface area contributed by atoms with Crippen LogP contribution in [0.5, 0.6) is 0 Å². The average molecular weight is 348 g/mol. The minimum Gasteiger partial charge on any atom is -0.311 e. The molecular weight excluding hydrogens is 337 g/mol. The second-order valence-electron chi connectivity index (χ2n) is 4.50. The number of halogens is 2. The van der Waals surface area contributed by atoms with E-state index in [1.807, 2.05) is 0 Å². The van der Waals surface area contributed by atoms with Crippen molar-refractivity contribution in [3.8, 4) is 0 Å². The van der Waals surface area contributed by atoms with E-state index in [2.05, 4.69) is 15.0 Å². The Morgan fingerprint density at radius 3 is 2.95 bits per heavy atom. The summed E-state index contributed by atoms with van der Waals surface area (Å²) in [6.07, 6.45) is 0.753. The Bertz CT molecular complexity index is 768. The number of sulfonamides is 1. The van der Waals surface area contributed by atoms with E-state index in [9.17, 15) is 12.8 Å². The summed E-state index contributed by atoms with van der Waals surface area (Å²) >= 11 is 6.88. The quantitative estimate of drug-likeness (QED) is 0.894. The molecule has 0 aliphatic carbocycles.